The first kappa shape index (κ1) is 10.7. The van der Waals surface area contributed by atoms with E-state index >= 15 is 0 Å². The summed E-state index contributed by atoms with van der Waals surface area (Å²) in [5.74, 6) is 0. The zero-order valence-corrected chi connectivity index (χ0v) is 9.85. The smallest absolute Gasteiger partial charge is 0.128 e. The number of rotatable bonds is 1. The molecule has 0 aromatic heterocycles. The number of hydrazone groups is 1. The lowest BCUT2D eigenvalue weighted by atomic mass is 10.4. The standard InChI is InChI=1S/C9H7Cl2N3S/c10-8-6-9(13-14(11)12-8)15-7-4-2-1-3-5-7/h1-6,12H. The number of benzene rings is 1. The van der Waals surface area contributed by atoms with Gasteiger partial charge in [0.15, 0.2) is 0 Å². The molecule has 0 radical (unpaired) electrons. The third-order valence-corrected chi connectivity index (χ3v) is 2.87. The Morgan fingerprint density at radius 2 is 2.00 bits per heavy atom. The van der Waals surface area contributed by atoms with E-state index in [0.29, 0.717) is 5.16 Å². The van der Waals surface area contributed by atoms with Crippen molar-refractivity contribution < 1.29 is 0 Å². The quantitative estimate of drug-likeness (QED) is 0.621. The van der Waals surface area contributed by atoms with Crippen LogP contribution in [-0.2, 0) is 0 Å². The van der Waals surface area contributed by atoms with E-state index in [1.54, 1.807) is 6.08 Å². The second-order valence-corrected chi connectivity index (χ2v) is 4.54. The summed E-state index contributed by atoms with van der Waals surface area (Å²) in [7, 11) is 0. The summed E-state index contributed by atoms with van der Waals surface area (Å²) < 4.78 is 1.06. The summed E-state index contributed by atoms with van der Waals surface area (Å²) in [5, 5.41) is 5.21. The van der Waals surface area contributed by atoms with Gasteiger partial charge < -0.3 is 0 Å². The van der Waals surface area contributed by atoms with E-state index in [0.717, 1.165) is 14.6 Å². The Kier molecular flexibility index (Phi) is 3.41. The summed E-state index contributed by atoms with van der Waals surface area (Å²) in [6.07, 6.45) is 1.72. The third-order valence-electron chi connectivity index (χ3n) is 1.60. The van der Waals surface area contributed by atoms with Crippen molar-refractivity contribution in [2.75, 3.05) is 0 Å². The molecule has 6 heteroatoms. The molecule has 0 fully saturated rings. The Morgan fingerprint density at radius 1 is 1.27 bits per heavy atom. The number of hydrogen-bond acceptors (Lipinski definition) is 4. The normalized spacial score (nSPS) is 15.5. The Bertz CT molecular complexity index is 405. The van der Waals surface area contributed by atoms with Crippen LogP contribution in [0.15, 0.2) is 51.6 Å². The van der Waals surface area contributed by atoms with Crippen LogP contribution in [0.5, 0.6) is 0 Å². The molecule has 0 saturated heterocycles. The monoisotopic (exact) mass is 259 g/mol. The molecule has 3 nitrogen and oxygen atoms in total. The zero-order valence-electron chi connectivity index (χ0n) is 7.52. The largest absolute Gasteiger partial charge is 0.256 e. The number of nitrogens with one attached hydrogen (secondary N) is 1. The molecule has 1 aromatic carbocycles. The molecule has 0 saturated carbocycles. The van der Waals surface area contributed by atoms with Crippen LogP contribution in [0.2, 0.25) is 0 Å². The van der Waals surface area contributed by atoms with Gasteiger partial charge in [0.1, 0.15) is 10.2 Å². The maximum atomic E-state index is 5.80. The van der Waals surface area contributed by atoms with Gasteiger partial charge in [-0.1, -0.05) is 41.6 Å². The molecular weight excluding hydrogens is 253 g/mol. The Labute approximate surface area is 102 Å². The highest BCUT2D eigenvalue weighted by molar-refractivity contribution is 8.14. The Morgan fingerprint density at radius 3 is 2.67 bits per heavy atom. The van der Waals surface area contributed by atoms with Crippen molar-refractivity contribution in [2.45, 2.75) is 4.90 Å². The summed E-state index contributed by atoms with van der Waals surface area (Å²) in [6.45, 7) is 0. The van der Waals surface area contributed by atoms with Crippen molar-refractivity contribution in [3.05, 3.63) is 41.6 Å². The van der Waals surface area contributed by atoms with Gasteiger partial charge in [-0.25, -0.2) is 0 Å². The maximum Gasteiger partial charge on any atom is 0.128 e. The Hall–Kier alpha value is -0.840. The summed E-state index contributed by atoms with van der Waals surface area (Å²) >= 11 is 13.0. The van der Waals surface area contributed by atoms with Crippen LogP contribution < -0.4 is 5.43 Å². The van der Waals surface area contributed by atoms with E-state index in [4.69, 9.17) is 23.4 Å². The average molecular weight is 260 g/mol. The molecule has 0 atom stereocenters. The van der Waals surface area contributed by atoms with Crippen molar-refractivity contribution in [1.82, 2.24) is 10.1 Å². The second kappa shape index (κ2) is 4.79. The van der Waals surface area contributed by atoms with Gasteiger partial charge in [0.05, 0.1) is 11.8 Å². The Balaban J connectivity index is 2.13. The molecule has 1 N–H and O–H groups in total. The summed E-state index contributed by atoms with van der Waals surface area (Å²) in [5.41, 5.74) is 2.62. The van der Waals surface area contributed by atoms with Gasteiger partial charge in [-0.3, -0.25) is 5.43 Å². The predicted molar refractivity (Wildman–Crippen MR) is 64.5 cm³/mol. The van der Waals surface area contributed by atoms with E-state index < -0.39 is 0 Å². The van der Waals surface area contributed by atoms with Crippen LogP contribution in [0.4, 0.5) is 0 Å². The molecule has 0 amide bonds. The first-order valence-electron chi connectivity index (χ1n) is 4.15. The minimum absolute atomic E-state index is 0.443. The van der Waals surface area contributed by atoms with Crippen LogP contribution in [-0.4, -0.2) is 9.68 Å². The molecule has 1 aliphatic rings. The van der Waals surface area contributed by atoms with E-state index in [2.05, 4.69) is 10.5 Å². The van der Waals surface area contributed by atoms with Gasteiger partial charge >= 0.3 is 0 Å². The molecule has 0 spiro atoms. The molecule has 0 unspecified atom stereocenters. The van der Waals surface area contributed by atoms with Gasteiger partial charge in [0.25, 0.3) is 0 Å². The maximum absolute atomic E-state index is 5.80. The molecule has 1 aromatic rings. The summed E-state index contributed by atoms with van der Waals surface area (Å²) in [6, 6.07) is 9.89. The zero-order chi connectivity index (χ0) is 10.7. The average Bonchev–Trinajstić information content (AvgIpc) is 2.17. The highest BCUT2D eigenvalue weighted by Crippen LogP contribution is 2.23. The van der Waals surface area contributed by atoms with E-state index in [1.165, 1.54) is 11.8 Å². The van der Waals surface area contributed by atoms with Crippen LogP contribution in [0.25, 0.3) is 0 Å². The fraction of sp³-hybridized carbons (Fsp3) is 0. The highest BCUT2D eigenvalue weighted by atomic mass is 35.5. The lowest BCUT2D eigenvalue weighted by Crippen LogP contribution is -2.26. The lowest BCUT2D eigenvalue weighted by molar-refractivity contribution is 0.407. The van der Waals surface area contributed by atoms with Crippen molar-refractivity contribution in [2.24, 2.45) is 5.10 Å². The predicted octanol–water partition coefficient (Wildman–Crippen LogP) is 3.15. The second-order valence-electron chi connectivity index (χ2n) is 2.72. The lowest BCUT2D eigenvalue weighted by Gasteiger charge is -2.17. The van der Waals surface area contributed by atoms with E-state index in [1.807, 2.05) is 30.3 Å². The topological polar surface area (TPSA) is 27.6 Å². The molecule has 0 aliphatic carbocycles. The molecule has 0 bridgehead atoms. The first-order valence-corrected chi connectivity index (χ1v) is 5.68. The number of nitrogens with zero attached hydrogens (tertiary/aromatic N) is 2. The van der Waals surface area contributed by atoms with Crippen LogP contribution in [0, 0.1) is 0 Å². The summed E-state index contributed by atoms with van der Waals surface area (Å²) in [4.78, 5) is 1.09. The molecule has 2 rings (SSSR count). The number of halogens is 2. The van der Waals surface area contributed by atoms with Crippen molar-refractivity contribution in [1.29, 1.82) is 0 Å². The number of hydrazine groups is 1. The molecule has 1 aliphatic heterocycles. The molecule has 15 heavy (non-hydrogen) atoms. The third kappa shape index (κ3) is 3.06. The number of thioether (sulfide) groups is 1. The van der Waals surface area contributed by atoms with Gasteiger partial charge in [0, 0.05) is 11.0 Å². The van der Waals surface area contributed by atoms with Crippen LogP contribution in [0.1, 0.15) is 0 Å². The van der Waals surface area contributed by atoms with Gasteiger partial charge in [-0.05, 0) is 12.1 Å². The van der Waals surface area contributed by atoms with Gasteiger partial charge in [0.2, 0.25) is 0 Å². The van der Waals surface area contributed by atoms with E-state index in [9.17, 15) is 0 Å². The highest BCUT2D eigenvalue weighted by Gasteiger charge is 2.10. The molecular formula is C9H7Cl2N3S. The minimum Gasteiger partial charge on any atom is -0.256 e. The van der Waals surface area contributed by atoms with Crippen LogP contribution in [0.3, 0.4) is 0 Å². The molecule has 78 valence electrons. The fourth-order valence-corrected chi connectivity index (χ4v) is 2.37. The SMILES string of the molecule is ClC1=CC(Sc2ccccc2)=NN(Cl)N1. The fourth-order valence-electron chi connectivity index (χ4n) is 1.03. The van der Waals surface area contributed by atoms with Crippen molar-refractivity contribution in [3.63, 3.8) is 0 Å². The van der Waals surface area contributed by atoms with Crippen molar-refractivity contribution in [3.8, 4) is 0 Å². The van der Waals surface area contributed by atoms with Gasteiger partial charge in [-0.15, -0.1) is 9.74 Å². The first-order chi connectivity index (χ1) is 7.24. The molecule has 1 heterocycles. The number of hydrogen-bond donors (Lipinski definition) is 1. The van der Waals surface area contributed by atoms with Crippen molar-refractivity contribution >= 4 is 40.2 Å². The minimum atomic E-state index is 0.443. The van der Waals surface area contributed by atoms with Crippen LogP contribution >= 0.6 is 35.1 Å². The van der Waals surface area contributed by atoms with E-state index in [-0.39, 0.29) is 0 Å². The van der Waals surface area contributed by atoms with Gasteiger partial charge in [-0.2, -0.15) is 0 Å².